The third kappa shape index (κ3) is 5.07. The monoisotopic (exact) mass is 465 g/mol. The Labute approximate surface area is 193 Å². The molecule has 1 N–H and O–H groups in total. The summed E-state index contributed by atoms with van der Waals surface area (Å²) in [6.45, 7) is 2.83. The van der Waals surface area contributed by atoms with Crippen LogP contribution in [-0.4, -0.2) is 16.4 Å². The summed E-state index contributed by atoms with van der Waals surface area (Å²) in [5.41, 5.74) is 2.91. The number of rotatable bonds is 6. The number of hydrogen-bond acceptors (Lipinski definition) is 4. The second kappa shape index (κ2) is 9.80. The van der Waals surface area contributed by atoms with Crippen molar-refractivity contribution in [3.05, 3.63) is 110 Å². The second-order valence-electron chi connectivity index (χ2n) is 7.10. The number of benzene rings is 2. The molecule has 0 aliphatic carbocycles. The molecule has 0 atom stereocenters. The van der Waals surface area contributed by atoms with Crippen LogP contribution >= 0.6 is 22.9 Å². The van der Waals surface area contributed by atoms with Crippen LogP contribution in [0, 0.1) is 6.92 Å². The van der Waals surface area contributed by atoms with Crippen molar-refractivity contribution in [2.45, 2.75) is 20.0 Å². The average molecular weight is 466 g/mol. The van der Waals surface area contributed by atoms with Crippen LogP contribution in [0.2, 0.25) is 5.02 Å². The quantitative estimate of drug-likeness (QED) is 0.443. The zero-order valence-electron chi connectivity index (χ0n) is 17.2. The Morgan fingerprint density at radius 2 is 1.88 bits per heavy atom. The van der Waals surface area contributed by atoms with Gasteiger partial charge in [0, 0.05) is 16.6 Å². The topological polar surface area (TPSA) is 76.6 Å². The van der Waals surface area contributed by atoms with E-state index in [1.165, 1.54) is 11.3 Å². The third-order valence-electron chi connectivity index (χ3n) is 4.85. The van der Waals surface area contributed by atoms with E-state index in [9.17, 15) is 9.59 Å². The van der Waals surface area contributed by atoms with E-state index < -0.39 is 0 Å². The summed E-state index contributed by atoms with van der Waals surface area (Å²) in [5.74, 6) is 0.144. The number of aromatic nitrogens is 1. The van der Waals surface area contributed by atoms with Gasteiger partial charge >= 0.3 is 0 Å². The Balaban J connectivity index is 1.49. The van der Waals surface area contributed by atoms with Crippen molar-refractivity contribution in [1.82, 2.24) is 9.88 Å². The zero-order valence-corrected chi connectivity index (χ0v) is 18.8. The first-order chi connectivity index (χ1) is 15.5. The van der Waals surface area contributed by atoms with Crippen LogP contribution in [0.4, 0.5) is 0 Å². The molecule has 0 bridgehead atoms. The number of aryl methyl sites for hydroxylation is 1. The maximum absolute atomic E-state index is 12.6. The van der Waals surface area contributed by atoms with E-state index in [0.29, 0.717) is 39.8 Å². The zero-order chi connectivity index (χ0) is 22.5. The Morgan fingerprint density at radius 3 is 2.59 bits per heavy atom. The van der Waals surface area contributed by atoms with Gasteiger partial charge in [-0.1, -0.05) is 35.9 Å². The van der Waals surface area contributed by atoms with Gasteiger partial charge in [0.15, 0.2) is 4.80 Å². The minimum Gasteiger partial charge on any atom is -0.467 e. The average Bonchev–Trinajstić information content (AvgIpc) is 3.44. The number of furan rings is 1. The molecule has 2 aromatic heterocycles. The van der Waals surface area contributed by atoms with E-state index >= 15 is 0 Å². The van der Waals surface area contributed by atoms with Crippen LogP contribution in [0.25, 0.3) is 0 Å². The molecule has 2 aromatic carbocycles. The fraction of sp³-hybridized carbons (Fsp3) is 0.125. The Hall–Kier alpha value is -3.42. The summed E-state index contributed by atoms with van der Waals surface area (Å²) >= 11 is 7.53. The lowest BCUT2D eigenvalue weighted by molar-refractivity contribution is 0.0946. The van der Waals surface area contributed by atoms with Gasteiger partial charge in [-0.3, -0.25) is 9.59 Å². The largest absolute Gasteiger partial charge is 0.467 e. The molecular weight excluding hydrogens is 446 g/mol. The van der Waals surface area contributed by atoms with Gasteiger partial charge in [-0.25, -0.2) is 0 Å². The predicted molar refractivity (Wildman–Crippen MR) is 124 cm³/mol. The smallest absolute Gasteiger partial charge is 0.281 e. The summed E-state index contributed by atoms with van der Waals surface area (Å²) in [5, 5.41) is 5.16. The van der Waals surface area contributed by atoms with E-state index in [-0.39, 0.29) is 11.8 Å². The summed E-state index contributed by atoms with van der Waals surface area (Å²) < 4.78 is 7.19. The van der Waals surface area contributed by atoms with Gasteiger partial charge in [0.2, 0.25) is 0 Å². The van der Waals surface area contributed by atoms with Crippen molar-refractivity contribution < 1.29 is 14.0 Å². The number of hydrogen-bond donors (Lipinski definition) is 1. The number of nitrogens with one attached hydrogen (secondary N) is 1. The van der Waals surface area contributed by atoms with Crippen molar-refractivity contribution in [2.24, 2.45) is 4.99 Å². The summed E-state index contributed by atoms with van der Waals surface area (Å²) in [6, 6.07) is 17.8. The van der Waals surface area contributed by atoms with Gasteiger partial charge < -0.3 is 14.3 Å². The van der Waals surface area contributed by atoms with Gasteiger partial charge in [0.25, 0.3) is 11.8 Å². The number of nitrogens with zero attached hydrogens (tertiary/aromatic N) is 2. The van der Waals surface area contributed by atoms with Crippen LogP contribution in [0.3, 0.4) is 0 Å². The maximum Gasteiger partial charge on any atom is 0.281 e. The molecule has 2 amide bonds. The first-order valence-electron chi connectivity index (χ1n) is 9.89. The van der Waals surface area contributed by atoms with Crippen molar-refractivity contribution in [3.63, 3.8) is 0 Å². The first-order valence-corrected chi connectivity index (χ1v) is 11.1. The minimum absolute atomic E-state index is 0.173. The highest BCUT2D eigenvalue weighted by Gasteiger charge is 2.11. The van der Waals surface area contributed by atoms with E-state index in [2.05, 4.69) is 10.3 Å². The Morgan fingerprint density at radius 1 is 1.09 bits per heavy atom. The number of thiazole rings is 1. The molecule has 0 fully saturated rings. The Kier molecular flexibility index (Phi) is 6.68. The molecule has 6 nitrogen and oxygen atoms in total. The molecule has 0 aliphatic rings. The molecule has 2 heterocycles. The van der Waals surface area contributed by atoms with Gasteiger partial charge in [0.05, 0.1) is 29.9 Å². The number of carbonyl (C=O) groups is 2. The molecule has 0 unspecified atom stereocenters. The second-order valence-corrected chi connectivity index (χ2v) is 8.35. The van der Waals surface area contributed by atoms with Crippen LogP contribution < -0.4 is 10.1 Å². The van der Waals surface area contributed by atoms with Gasteiger partial charge in [0.1, 0.15) is 5.76 Å². The summed E-state index contributed by atoms with van der Waals surface area (Å²) in [4.78, 5) is 29.8. The van der Waals surface area contributed by atoms with Gasteiger partial charge in [-0.15, -0.1) is 11.3 Å². The summed E-state index contributed by atoms with van der Waals surface area (Å²) in [6.07, 6.45) is 1.57. The van der Waals surface area contributed by atoms with Crippen molar-refractivity contribution in [2.75, 3.05) is 0 Å². The molecular formula is C24H20ClN3O3S. The number of halogens is 1. The molecule has 32 heavy (non-hydrogen) atoms. The normalized spacial score (nSPS) is 11.5. The van der Waals surface area contributed by atoms with E-state index in [1.807, 2.05) is 35.1 Å². The SMILES string of the molecule is Cc1csc(=NC(=O)c2ccccc2Cl)n1Cc1ccc(C(=O)NCc2ccco2)cc1. The molecule has 0 aliphatic heterocycles. The fourth-order valence-corrected chi connectivity index (χ4v) is 4.19. The van der Waals surface area contributed by atoms with Crippen molar-refractivity contribution in [3.8, 4) is 0 Å². The highest BCUT2D eigenvalue weighted by molar-refractivity contribution is 7.07. The van der Waals surface area contributed by atoms with Gasteiger partial charge in [-0.2, -0.15) is 4.99 Å². The molecule has 0 spiro atoms. The van der Waals surface area contributed by atoms with E-state index in [4.69, 9.17) is 16.0 Å². The van der Waals surface area contributed by atoms with Crippen LogP contribution in [0.5, 0.6) is 0 Å². The lowest BCUT2D eigenvalue weighted by Crippen LogP contribution is -2.22. The molecule has 4 rings (SSSR count). The van der Waals surface area contributed by atoms with Gasteiger partial charge in [-0.05, 0) is 48.9 Å². The number of amides is 2. The molecule has 0 radical (unpaired) electrons. The van der Waals surface area contributed by atoms with Crippen LogP contribution in [0.15, 0.2) is 81.7 Å². The van der Waals surface area contributed by atoms with Crippen LogP contribution in [0.1, 0.15) is 37.7 Å². The lowest BCUT2D eigenvalue weighted by Gasteiger charge is -2.08. The maximum atomic E-state index is 12.6. The molecule has 162 valence electrons. The number of carbonyl (C=O) groups excluding carboxylic acids is 2. The molecule has 0 saturated heterocycles. The predicted octanol–water partition coefficient (Wildman–Crippen LogP) is 4.82. The fourth-order valence-electron chi connectivity index (χ4n) is 3.10. The van der Waals surface area contributed by atoms with Crippen molar-refractivity contribution >= 4 is 34.8 Å². The minimum atomic E-state index is -0.380. The Bertz CT molecular complexity index is 1310. The molecule has 4 aromatic rings. The highest BCUT2D eigenvalue weighted by atomic mass is 35.5. The van der Waals surface area contributed by atoms with E-state index in [1.54, 1.807) is 48.7 Å². The lowest BCUT2D eigenvalue weighted by atomic mass is 10.1. The molecule has 0 saturated carbocycles. The van der Waals surface area contributed by atoms with E-state index in [0.717, 1.165) is 11.3 Å². The standard InChI is InChI=1S/C24H20ClN3O3S/c1-16-15-32-24(27-23(30)20-6-2-3-7-21(20)25)28(16)14-17-8-10-18(11-9-17)22(29)26-13-19-5-4-12-31-19/h2-12,15H,13-14H2,1H3,(H,26,29). The first kappa shape index (κ1) is 21.8. The highest BCUT2D eigenvalue weighted by Crippen LogP contribution is 2.16. The third-order valence-corrected chi connectivity index (χ3v) is 6.16. The molecule has 8 heteroatoms. The summed E-state index contributed by atoms with van der Waals surface area (Å²) in [7, 11) is 0. The van der Waals surface area contributed by atoms with Crippen molar-refractivity contribution in [1.29, 1.82) is 0 Å². The van der Waals surface area contributed by atoms with Crippen LogP contribution in [-0.2, 0) is 13.1 Å².